The van der Waals surface area contributed by atoms with Gasteiger partial charge in [-0.05, 0) is 12.5 Å². The second-order valence-electron chi connectivity index (χ2n) is 3.51. The summed E-state index contributed by atoms with van der Waals surface area (Å²) in [5.74, 6) is 6.30. The lowest BCUT2D eigenvalue weighted by atomic mass is 10.4. The summed E-state index contributed by atoms with van der Waals surface area (Å²) >= 11 is 0. The lowest BCUT2D eigenvalue weighted by molar-refractivity contribution is -0.119. The maximum absolute atomic E-state index is 11.4. The van der Waals surface area contributed by atoms with Crippen molar-refractivity contribution in [3.63, 3.8) is 0 Å². The summed E-state index contributed by atoms with van der Waals surface area (Å²) in [7, 11) is 0. The fourth-order valence-corrected chi connectivity index (χ4v) is 1.60. The average Bonchev–Trinajstić information content (AvgIpc) is 2.54. The molecule has 0 radical (unpaired) electrons. The number of amides is 1. The molecule has 86 valence electrons. The number of carbonyl (C=O) groups is 1. The van der Waals surface area contributed by atoms with Crippen molar-refractivity contribution < 1.29 is 4.79 Å². The fourth-order valence-electron chi connectivity index (χ4n) is 1.60. The van der Waals surface area contributed by atoms with Crippen LogP contribution < -0.4 is 21.5 Å². The Kier molecular flexibility index (Phi) is 3.16. The predicted octanol–water partition coefficient (Wildman–Crippen LogP) is -0.912. The van der Waals surface area contributed by atoms with Crippen LogP contribution in [0.15, 0.2) is 12.3 Å². The quantitative estimate of drug-likeness (QED) is 0.443. The van der Waals surface area contributed by atoms with Gasteiger partial charge in [-0.15, -0.1) is 0 Å². The zero-order valence-corrected chi connectivity index (χ0v) is 8.81. The summed E-state index contributed by atoms with van der Waals surface area (Å²) in [6.07, 6.45) is 2.52. The van der Waals surface area contributed by atoms with Crippen molar-refractivity contribution in [3.05, 3.63) is 12.3 Å². The molecule has 1 amide bonds. The van der Waals surface area contributed by atoms with E-state index < -0.39 is 0 Å². The van der Waals surface area contributed by atoms with Gasteiger partial charge in [-0.3, -0.25) is 10.2 Å². The second-order valence-corrected chi connectivity index (χ2v) is 3.51. The standard InChI is InChI=1S/C9H14N6O/c10-14-9-12-4-2-7(13-9)15-5-1-3-11-8(16)6-15/h2,4H,1,3,5-6,10H2,(H,11,16)(H,12,13,14). The van der Waals surface area contributed by atoms with Crippen molar-refractivity contribution in [2.75, 3.05) is 30.0 Å². The van der Waals surface area contributed by atoms with Crippen LogP contribution >= 0.6 is 0 Å². The number of hydrogen-bond donors (Lipinski definition) is 3. The first-order chi connectivity index (χ1) is 7.79. The average molecular weight is 222 g/mol. The van der Waals surface area contributed by atoms with E-state index in [0.29, 0.717) is 24.9 Å². The van der Waals surface area contributed by atoms with Gasteiger partial charge in [0.15, 0.2) is 0 Å². The molecular weight excluding hydrogens is 208 g/mol. The first-order valence-corrected chi connectivity index (χ1v) is 5.11. The van der Waals surface area contributed by atoms with Crippen molar-refractivity contribution in [2.24, 2.45) is 5.84 Å². The number of nitrogens with zero attached hydrogens (tertiary/aromatic N) is 3. The van der Waals surface area contributed by atoms with Crippen LogP contribution in [-0.4, -0.2) is 35.5 Å². The minimum Gasteiger partial charge on any atom is -0.354 e. The summed E-state index contributed by atoms with van der Waals surface area (Å²) in [4.78, 5) is 21.4. The third kappa shape index (κ3) is 2.37. The van der Waals surface area contributed by atoms with Crippen molar-refractivity contribution in [1.82, 2.24) is 15.3 Å². The summed E-state index contributed by atoms with van der Waals surface area (Å²) < 4.78 is 0. The molecule has 4 N–H and O–H groups in total. The Labute approximate surface area is 93.0 Å². The molecule has 1 fully saturated rings. The number of aromatic nitrogens is 2. The van der Waals surface area contributed by atoms with Crippen LogP contribution in [0.25, 0.3) is 0 Å². The molecule has 1 aliphatic heterocycles. The highest BCUT2D eigenvalue weighted by atomic mass is 16.2. The number of hydrogen-bond acceptors (Lipinski definition) is 6. The molecule has 0 saturated carbocycles. The van der Waals surface area contributed by atoms with Crippen LogP contribution in [-0.2, 0) is 4.79 Å². The molecule has 1 saturated heterocycles. The fraction of sp³-hybridized carbons (Fsp3) is 0.444. The lowest BCUT2D eigenvalue weighted by Crippen LogP contribution is -2.33. The molecule has 0 aliphatic carbocycles. The Morgan fingerprint density at radius 3 is 3.25 bits per heavy atom. The zero-order chi connectivity index (χ0) is 11.4. The highest BCUT2D eigenvalue weighted by Gasteiger charge is 2.16. The van der Waals surface area contributed by atoms with E-state index in [1.54, 1.807) is 12.3 Å². The van der Waals surface area contributed by atoms with E-state index in [9.17, 15) is 4.79 Å². The first-order valence-electron chi connectivity index (χ1n) is 5.11. The van der Waals surface area contributed by atoms with E-state index in [2.05, 4.69) is 20.7 Å². The SMILES string of the molecule is NNc1nccc(N2CCCNC(=O)C2)n1. The molecular formula is C9H14N6O. The maximum atomic E-state index is 11.4. The molecule has 0 unspecified atom stereocenters. The highest BCUT2D eigenvalue weighted by Crippen LogP contribution is 2.12. The molecule has 7 heteroatoms. The van der Waals surface area contributed by atoms with Crippen LogP contribution in [0.2, 0.25) is 0 Å². The van der Waals surface area contributed by atoms with E-state index in [0.717, 1.165) is 13.0 Å². The van der Waals surface area contributed by atoms with Crippen molar-refractivity contribution in [2.45, 2.75) is 6.42 Å². The number of hydrazine groups is 1. The van der Waals surface area contributed by atoms with E-state index in [4.69, 9.17) is 5.84 Å². The number of anilines is 2. The third-order valence-corrected chi connectivity index (χ3v) is 2.36. The van der Waals surface area contributed by atoms with E-state index in [-0.39, 0.29) is 5.91 Å². The maximum Gasteiger partial charge on any atom is 0.239 e. The van der Waals surface area contributed by atoms with Crippen molar-refractivity contribution in [1.29, 1.82) is 0 Å². The Morgan fingerprint density at radius 2 is 2.44 bits per heavy atom. The van der Waals surface area contributed by atoms with E-state index in [1.807, 2.05) is 4.90 Å². The lowest BCUT2D eigenvalue weighted by Gasteiger charge is -2.19. The molecule has 7 nitrogen and oxygen atoms in total. The molecule has 2 rings (SSSR count). The first kappa shape index (κ1) is 10.6. The van der Waals surface area contributed by atoms with E-state index in [1.165, 1.54) is 0 Å². The molecule has 1 aromatic rings. The van der Waals surface area contributed by atoms with Gasteiger partial charge in [0.05, 0.1) is 6.54 Å². The topological polar surface area (TPSA) is 96.2 Å². The molecule has 2 heterocycles. The molecule has 1 aliphatic rings. The van der Waals surface area contributed by atoms with Gasteiger partial charge in [0.2, 0.25) is 11.9 Å². The Bertz CT molecular complexity index is 382. The summed E-state index contributed by atoms with van der Waals surface area (Å²) in [5, 5.41) is 2.81. The monoisotopic (exact) mass is 222 g/mol. The molecule has 16 heavy (non-hydrogen) atoms. The van der Waals surface area contributed by atoms with Crippen molar-refractivity contribution >= 4 is 17.7 Å². The smallest absolute Gasteiger partial charge is 0.239 e. The van der Waals surface area contributed by atoms with E-state index >= 15 is 0 Å². The number of nitrogen functional groups attached to an aromatic ring is 1. The summed E-state index contributed by atoms with van der Waals surface area (Å²) in [5.41, 5.74) is 2.38. The Morgan fingerprint density at radius 1 is 1.56 bits per heavy atom. The van der Waals surface area contributed by atoms with Crippen LogP contribution in [0.3, 0.4) is 0 Å². The Balaban J connectivity index is 2.17. The largest absolute Gasteiger partial charge is 0.354 e. The third-order valence-electron chi connectivity index (χ3n) is 2.36. The van der Waals surface area contributed by atoms with Gasteiger partial charge in [-0.25, -0.2) is 10.8 Å². The number of nitrogens with one attached hydrogen (secondary N) is 2. The van der Waals surface area contributed by atoms with Crippen LogP contribution in [0.1, 0.15) is 6.42 Å². The number of carbonyl (C=O) groups excluding carboxylic acids is 1. The summed E-state index contributed by atoms with van der Waals surface area (Å²) in [6.45, 7) is 1.82. The number of nitrogens with two attached hydrogens (primary N) is 1. The van der Waals surface area contributed by atoms with Gasteiger partial charge in [-0.1, -0.05) is 0 Å². The molecule has 1 aromatic heterocycles. The predicted molar refractivity (Wildman–Crippen MR) is 59.7 cm³/mol. The van der Waals surface area contributed by atoms with Crippen LogP contribution in [0.4, 0.5) is 11.8 Å². The Hall–Kier alpha value is -1.89. The molecule has 0 atom stereocenters. The normalized spacial score (nSPS) is 16.6. The van der Waals surface area contributed by atoms with Crippen LogP contribution in [0.5, 0.6) is 0 Å². The van der Waals surface area contributed by atoms with Gasteiger partial charge in [0, 0.05) is 19.3 Å². The van der Waals surface area contributed by atoms with Gasteiger partial charge in [-0.2, -0.15) is 4.98 Å². The van der Waals surface area contributed by atoms with Crippen molar-refractivity contribution in [3.8, 4) is 0 Å². The molecule has 0 spiro atoms. The minimum absolute atomic E-state index is 0.0124. The summed E-state index contributed by atoms with van der Waals surface area (Å²) in [6, 6.07) is 1.76. The zero-order valence-electron chi connectivity index (χ0n) is 8.81. The van der Waals surface area contributed by atoms with Gasteiger partial charge in [0.25, 0.3) is 0 Å². The second kappa shape index (κ2) is 4.75. The molecule has 0 aromatic carbocycles. The van der Waals surface area contributed by atoms with Gasteiger partial charge in [0.1, 0.15) is 5.82 Å². The number of rotatable bonds is 2. The minimum atomic E-state index is 0.0124. The van der Waals surface area contributed by atoms with Crippen LogP contribution in [0, 0.1) is 0 Å². The van der Waals surface area contributed by atoms with Gasteiger partial charge < -0.3 is 10.2 Å². The van der Waals surface area contributed by atoms with Gasteiger partial charge >= 0.3 is 0 Å². The highest BCUT2D eigenvalue weighted by molar-refractivity contribution is 5.81. The molecule has 0 bridgehead atoms.